The van der Waals surface area contributed by atoms with Crippen molar-refractivity contribution in [3.63, 3.8) is 0 Å². The fraction of sp³-hybridized carbons (Fsp3) is 0.500. The minimum atomic E-state index is -0.194. The standard InChI is InChI=1S/C12H17FN2O/c1-2-14-11-7-10(13)8-12(9-11)15-3-5-16-6-4-15/h7-9,14H,2-6H2,1H3. The second kappa shape index (κ2) is 5.16. The average molecular weight is 224 g/mol. The molecule has 4 heteroatoms. The van der Waals surface area contributed by atoms with Crippen molar-refractivity contribution in [2.45, 2.75) is 6.92 Å². The minimum Gasteiger partial charge on any atom is -0.385 e. The number of rotatable bonds is 3. The molecule has 3 nitrogen and oxygen atoms in total. The van der Waals surface area contributed by atoms with E-state index in [1.165, 1.54) is 6.07 Å². The first-order valence-electron chi connectivity index (χ1n) is 5.67. The summed E-state index contributed by atoms with van der Waals surface area (Å²) in [6.07, 6.45) is 0. The van der Waals surface area contributed by atoms with Gasteiger partial charge in [0.25, 0.3) is 0 Å². The Hall–Kier alpha value is -1.29. The maximum absolute atomic E-state index is 13.4. The summed E-state index contributed by atoms with van der Waals surface area (Å²) in [5.41, 5.74) is 1.77. The van der Waals surface area contributed by atoms with Crippen molar-refractivity contribution in [3.8, 4) is 0 Å². The van der Waals surface area contributed by atoms with Crippen LogP contribution in [0.2, 0.25) is 0 Å². The molecule has 1 N–H and O–H groups in total. The maximum Gasteiger partial charge on any atom is 0.127 e. The lowest BCUT2D eigenvalue weighted by Crippen LogP contribution is -2.36. The second-order valence-corrected chi connectivity index (χ2v) is 3.83. The summed E-state index contributed by atoms with van der Waals surface area (Å²) in [7, 11) is 0. The summed E-state index contributed by atoms with van der Waals surface area (Å²) >= 11 is 0. The van der Waals surface area contributed by atoms with Crippen LogP contribution in [-0.2, 0) is 4.74 Å². The van der Waals surface area contributed by atoms with E-state index < -0.39 is 0 Å². The van der Waals surface area contributed by atoms with Gasteiger partial charge in [-0.1, -0.05) is 0 Å². The molecule has 0 saturated carbocycles. The molecule has 0 aliphatic carbocycles. The Balaban J connectivity index is 2.18. The van der Waals surface area contributed by atoms with Gasteiger partial charge in [-0.2, -0.15) is 0 Å². The van der Waals surface area contributed by atoms with Crippen molar-refractivity contribution in [1.29, 1.82) is 0 Å². The first-order valence-corrected chi connectivity index (χ1v) is 5.67. The van der Waals surface area contributed by atoms with Crippen molar-refractivity contribution in [1.82, 2.24) is 0 Å². The number of anilines is 2. The highest BCUT2D eigenvalue weighted by atomic mass is 19.1. The van der Waals surface area contributed by atoms with Crippen LogP contribution in [0.15, 0.2) is 18.2 Å². The summed E-state index contributed by atoms with van der Waals surface area (Å²) in [6, 6.07) is 5.08. The Kier molecular flexibility index (Phi) is 3.62. The maximum atomic E-state index is 13.4. The number of hydrogen-bond acceptors (Lipinski definition) is 3. The summed E-state index contributed by atoms with van der Waals surface area (Å²) < 4.78 is 18.7. The van der Waals surface area contributed by atoms with Crippen LogP contribution in [0.1, 0.15) is 6.92 Å². The van der Waals surface area contributed by atoms with Crippen molar-refractivity contribution in [2.24, 2.45) is 0 Å². The van der Waals surface area contributed by atoms with Crippen LogP contribution in [0.3, 0.4) is 0 Å². The van der Waals surface area contributed by atoms with Gasteiger partial charge in [0.05, 0.1) is 13.2 Å². The fourth-order valence-corrected chi connectivity index (χ4v) is 1.88. The Morgan fingerprint density at radius 3 is 2.75 bits per heavy atom. The SMILES string of the molecule is CCNc1cc(F)cc(N2CCOCC2)c1. The Morgan fingerprint density at radius 1 is 1.31 bits per heavy atom. The van der Waals surface area contributed by atoms with E-state index in [0.29, 0.717) is 13.2 Å². The molecule has 1 aromatic rings. The van der Waals surface area contributed by atoms with E-state index in [9.17, 15) is 4.39 Å². The van der Waals surface area contributed by atoms with Crippen LogP contribution >= 0.6 is 0 Å². The molecule has 0 radical (unpaired) electrons. The summed E-state index contributed by atoms with van der Waals surface area (Å²) in [4.78, 5) is 2.15. The lowest BCUT2D eigenvalue weighted by atomic mass is 10.2. The number of benzene rings is 1. The zero-order chi connectivity index (χ0) is 11.4. The van der Waals surface area contributed by atoms with Crippen molar-refractivity contribution in [2.75, 3.05) is 43.1 Å². The van der Waals surface area contributed by atoms with Crippen LogP contribution < -0.4 is 10.2 Å². The van der Waals surface area contributed by atoms with Gasteiger partial charge in [-0.25, -0.2) is 4.39 Å². The third kappa shape index (κ3) is 2.64. The van der Waals surface area contributed by atoms with Gasteiger partial charge in [0.1, 0.15) is 5.82 Å². The van der Waals surface area contributed by atoms with E-state index >= 15 is 0 Å². The predicted molar refractivity (Wildman–Crippen MR) is 63.6 cm³/mol. The van der Waals surface area contributed by atoms with Gasteiger partial charge in [0, 0.05) is 31.0 Å². The minimum absolute atomic E-state index is 0.194. The second-order valence-electron chi connectivity index (χ2n) is 3.83. The van der Waals surface area contributed by atoms with E-state index in [1.54, 1.807) is 6.07 Å². The predicted octanol–water partition coefficient (Wildman–Crippen LogP) is 2.09. The summed E-state index contributed by atoms with van der Waals surface area (Å²) in [6.45, 7) is 5.88. The molecular formula is C12H17FN2O. The van der Waals surface area contributed by atoms with Gasteiger partial charge in [-0.15, -0.1) is 0 Å². The first-order chi connectivity index (χ1) is 7.79. The lowest BCUT2D eigenvalue weighted by molar-refractivity contribution is 0.122. The first kappa shape index (κ1) is 11.2. The molecule has 0 bridgehead atoms. The molecule has 0 aromatic heterocycles. The molecule has 1 heterocycles. The molecule has 1 fully saturated rings. The van der Waals surface area contributed by atoms with Gasteiger partial charge < -0.3 is 15.0 Å². The lowest BCUT2D eigenvalue weighted by Gasteiger charge is -2.29. The highest BCUT2D eigenvalue weighted by Gasteiger charge is 2.12. The summed E-state index contributed by atoms with van der Waals surface area (Å²) in [5.74, 6) is -0.194. The van der Waals surface area contributed by atoms with Crippen LogP contribution in [0.4, 0.5) is 15.8 Å². The molecule has 0 spiro atoms. The molecular weight excluding hydrogens is 207 g/mol. The molecule has 16 heavy (non-hydrogen) atoms. The van der Waals surface area contributed by atoms with E-state index in [4.69, 9.17) is 4.74 Å². The Bertz CT molecular complexity index is 351. The van der Waals surface area contributed by atoms with E-state index in [2.05, 4.69) is 10.2 Å². The molecule has 0 unspecified atom stereocenters. The third-order valence-electron chi connectivity index (χ3n) is 2.64. The number of nitrogens with zero attached hydrogens (tertiary/aromatic N) is 1. The van der Waals surface area contributed by atoms with Crippen molar-refractivity contribution < 1.29 is 9.13 Å². The van der Waals surface area contributed by atoms with Crippen LogP contribution in [-0.4, -0.2) is 32.8 Å². The third-order valence-corrected chi connectivity index (χ3v) is 2.64. The number of morpholine rings is 1. The topological polar surface area (TPSA) is 24.5 Å². The Morgan fingerprint density at radius 2 is 2.06 bits per heavy atom. The summed E-state index contributed by atoms with van der Waals surface area (Å²) in [5, 5.41) is 3.13. The van der Waals surface area contributed by atoms with Gasteiger partial charge in [-0.05, 0) is 25.1 Å². The van der Waals surface area contributed by atoms with Crippen molar-refractivity contribution in [3.05, 3.63) is 24.0 Å². The van der Waals surface area contributed by atoms with Gasteiger partial charge in [-0.3, -0.25) is 0 Å². The normalized spacial score (nSPS) is 16.2. The van der Waals surface area contributed by atoms with Crippen LogP contribution in [0, 0.1) is 5.82 Å². The molecule has 88 valence electrons. The quantitative estimate of drug-likeness (QED) is 0.851. The van der Waals surface area contributed by atoms with Gasteiger partial charge >= 0.3 is 0 Å². The zero-order valence-electron chi connectivity index (χ0n) is 9.50. The molecule has 1 aromatic carbocycles. The monoisotopic (exact) mass is 224 g/mol. The smallest absolute Gasteiger partial charge is 0.127 e. The molecule has 0 amide bonds. The van der Waals surface area contributed by atoms with E-state index in [1.807, 2.05) is 13.0 Å². The largest absolute Gasteiger partial charge is 0.385 e. The molecule has 0 atom stereocenters. The van der Waals surface area contributed by atoms with Crippen LogP contribution in [0.5, 0.6) is 0 Å². The highest BCUT2D eigenvalue weighted by molar-refractivity contribution is 5.58. The highest BCUT2D eigenvalue weighted by Crippen LogP contribution is 2.22. The molecule has 2 rings (SSSR count). The number of halogens is 1. The van der Waals surface area contributed by atoms with Crippen LogP contribution in [0.25, 0.3) is 0 Å². The number of ether oxygens (including phenoxy) is 1. The molecule has 1 aliphatic heterocycles. The zero-order valence-corrected chi connectivity index (χ0v) is 9.50. The van der Waals surface area contributed by atoms with Gasteiger partial charge in [0.15, 0.2) is 0 Å². The van der Waals surface area contributed by atoms with Crippen molar-refractivity contribution >= 4 is 11.4 Å². The number of hydrogen-bond donors (Lipinski definition) is 1. The van der Waals surface area contributed by atoms with Gasteiger partial charge in [0.2, 0.25) is 0 Å². The Labute approximate surface area is 95.2 Å². The average Bonchev–Trinajstić information content (AvgIpc) is 2.30. The molecule has 1 aliphatic rings. The number of nitrogens with one attached hydrogen (secondary N) is 1. The van der Waals surface area contributed by atoms with E-state index in [0.717, 1.165) is 31.0 Å². The fourth-order valence-electron chi connectivity index (χ4n) is 1.88. The van der Waals surface area contributed by atoms with E-state index in [-0.39, 0.29) is 5.82 Å². The molecule has 1 saturated heterocycles.